The lowest BCUT2D eigenvalue weighted by Gasteiger charge is -2.23. The second-order valence-electron chi connectivity index (χ2n) is 6.91. The molecule has 10 heteroatoms. The fourth-order valence-electron chi connectivity index (χ4n) is 2.54. The van der Waals surface area contributed by atoms with Crippen LogP contribution in [0.25, 0.3) is 11.5 Å². The van der Waals surface area contributed by atoms with Gasteiger partial charge in [-0.15, -0.1) is 21.5 Å². The number of carbonyl (C=O) groups excluding carboxylic acids is 1. The van der Waals surface area contributed by atoms with Crippen LogP contribution in [0.4, 0.5) is 0 Å². The first-order valence-electron chi connectivity index (χ1n) is 8.47. The smallest absolute Gasteiger partial charge is 0.311 e. The van der Waals surface area contributed by atoms with Crippen molar-refractivity contribution in [3.8, 4) is 11.5 Å². The summed E-state index contributed by atoms with van der Waals surface area (Å²) in [6, 6.07) is 1.48. The Balaban J connectivity index is 1.79. The van der Waals surface area contributed by atoms with Crippen LogP contribution in [-0.4, -0.2) is 48.1 Å². The quantitative estimate of drug-likeness (QED) is 0.801. The highest BCUT2D eigenvalue weighted by Crippen LogP contribution is 2.29. The first-order chi connectivity index (χ1) is 12.2. The third-order valence-corrected chi connectivity index (χ3v) is 7.52. The van der Waals surface area contributed by atoms with Gasteiger partial charge in [0, 0.05) is 24.0 Å². The van der Waals surface area contributed by atoms with Gasteiger partial charge in [-0.05, 0) is 39.2 Å². The first-order valence-corrected chi connectivity index (χ1v) is 10.8. The average Bonchev–Trinajstić information content (AvgIpc) is 3.33. The van der Waals surface area contributed by atoms with E-state index in [1.54, 1.807) is 10.3 Å². The summed E-state index contributed by atoms with van der Waals surface area (Å²) in [7, 11) is -3.64. The maximum Gasteiger partial charge on any atom is 0.311 e. The molecule has 1 amide bonds. The Labute approximate surface area is 156 Å². The minimum atomic E-state index is -3.64. The van der Waals surface area contributed by atoms with E-state index in [0.29, 0.717) is 25.1 Å². The molecule has 1 fully saturated rings. The standard InChI is InChI=1S/C16H22N4O4S2/c1-4-16(2,3)19-26(22,23)12-9-11(10-25-12)13-17-18-14(24-13)15(21)20-7-5-6-8-20/h9-10,19H,4-8H2,1-3H3. The SMILES string of the molecule is CCC(C)(C)NS(=O)(=O)c1cc(-c2nnc(C(=O)N3CCCC3)o2)cs1. The lowest BCUT2D eigenvalue weighted by Crippen LogP contribution is -2.42. The van der Waals surface area contributed by atoms with Gasteiger partial charge in [0.25, 0.3) is 10.0 Å². The Hall–Kier alpha value is -1.78. The molecule has 2 aromatic rings. The number of rotatable bonds is 6. The summed E-state index contributed by atoms with van der Waals surface area (Å²) >= 11 is 1.07. The molecule has 0 spiro atoms. The number of hydrogen-bond donors (Lipinski definition) is 1. The normalized spacial score (nSPS) is 15.6. The van der Waals surface area contributed by atoms with Crippen molar-refractivity contribution in [2.75, 3.05) is 13.1 Å². The predicted octanol–water partition coefficient (Wildman–Crippen LogP) is 2.50. The molecular weight excluding hydrogens is 376 g/mol. The van der Waals surface area contributed by atoms with Crippen molar-refractivity contribution in [3.05, 3.63) is 17.3 Å². The molecule has 0 bridgehead atoms. The number of amides is 1. The number of aromatic nitrogens is 2. The Morgan fingerprint density at radius 1 is 1.35 bits per heavy atom. The number of hydrogen-bond acceptors (Lipinski definition) is 7. The molecule has 1 aliphatic rings. The number of likely N-dealkylation sites (tertiary alicyclic amines) is 1. The summed E-state index contributed by atoms with van der Waals surface area (Å²) in [4.78, 5) is 14.0. The second-order valence-corrected chi connectivity index (χ2v) is 9.73. The van der Waals surface area contributed by atoms with Crippen LogP contribution in [-0.2, 0) is 10.0 Å². The zero-order chi connectivity index (χ0) is 18.9. The fraction of sp³-hybridized carbons (Fsp3) is 0.562. The molecule has 0 radical (unpaired) electrons. The van der Waals surface area contributed by atoms with Crippen molar-refractivity contribution in [1.82, 2.24) is 19.8 Å². The number of thiophene rings is 1. The van der Waals surface area contributed by atoms with Crippen molar-refractivity contribution in [1.29, 1.82) is 0 Å². The van der Waals surface area contributed by atoms with Gasteiger partial charge < -0.3 is 9.32 Å². The van der Waals surface area contributed by atoms with Gasteiger partial charge in [-0.2, -0.15) is 0 Å². The maximum atomic E-state index is 12.5. The monoisotopic (exact) mass is 398 g/mol. The van der Waals surface area contributed by atoms with Gasteiger partial charge in [-0.1, -0.05) is 6.92 Å². The summed E-state index contributed by atoms with van der Waals surface area (Å²) < 4.78 is 33.3. The summed E-state index contributed by atoms with van der Waals surface area (Å²) in [5, 5.41) is 9.34. The van der Waals surface area contributed by atoms with Gasteiger partial charge in [-0.3, -0.25) is 4.79 Å². The van der Waals surface area contributed by atoms with Gasteiger partial charge in [0.05, 0.1) is 5.56 Å². The van der Waals surface area contributed by atoms with Gasteiger partial charge in [-0.25, -0.2) is 13.1 Å². The van der Waals surface area contributed by atoms with E-state index in [-0.39, 0.29) is 21.9 Å². The van der Waals surface area contributed by atoms with Crippen molar-refractivity contribution in [2.24, 2.45) is 0 Å². The van der Waals surface area contributed by atoms with Crippen molar-refractivity contribution in [2.45, 2.75) is 49.8 Å². The molecule has 0 unspecified atom stereocenters. The molecule has 0 aliphatic carbocycles. The largest absolute Gasteiger partial charge is 0.412 e. The van der Waals surface area contributed by atoms with Crippen LogP contribution in [0.15, 0.2) is 20.1 Å². The molecule has 3 rings (SSSR count). The zero-order valence-electron chi connectivity index (χ0n) is 15.0. The third-order valence-electron chi connectivity index (χ3n) is 4.38. The summed E-state index contributed by atoms with van der Waals surface area (Å²) in [6.45, 7) is 6.95. The van der Waals surface area contributed by atoms with Crippen LogP contribution in [0.2, 0.25) is 0 Å². The highest BCUT2D eigenvalue weighted by Gasteiger charge is 2.28. The maximum absolute atomic E-state index is 12.5. The fourth-order valence-corrected chi connectivity index (χ4v) is 5.18. The van der Waals surface area contributed by atoms with Crippen molar-refractivity contribution < 1.29 is 17.6 Å². The van der Waals surface area contributed by atoms with E-state index in [1.807, 2.05) is 20.8 Å². The van der Waals surface area contributed by atoms with Crippen LogP contribution >= 0.6 is 11.3 Å². The molecule has 1 aliphatic heterocycles. The Kier molecular flexibility index (Phi) is 5.18. The molecule has 1 saturated heterocycles. The van der Waals surface area contributed by atoms with Crippen molar-refractivity contribution >= 4 is 27.3 Å². The summed E-state index contributed by atoms with van der Waals surface area (Å²) in [5.74, 6) is -0.210. The molecule has 3 heterocycles. The number of carbonyl (C=O) groups is 1. The predicted molar refractivity (Wildman–Crippen MR) is 97.4 cm³/mol. The molecule has 8 nitrogen and oxygen atoms in total. The van der Waals surface area contributed by atoms with Crippen LogP contribution in [0.1, 0.15) is 50.7 Å². The average molecular weight is 399 g/mol. The minimum Gasteiger partial charge on any atom is -0.412 e. The highest BCUT2D eigenvalue weighted by molar-refractivity contribution is 7.91. The molecule has 1 N–H and O–H groups in total. The van der Waals surface area contributed by atoms with Gasteiger partial charge in [0.15, 0.2) is 0 Å². The van der Waals surface area contributed by atoms with E-state index < -0.39 is 15.6 Å². The topological polar surface area (TPSA) is 105 Å². The zero-order valence-corrected chi connectivity index (χ0v) is 16.6. The number of sulfonamides is 1. The lowest BCUT2D eigenvalue weighted by molar-refractivity contribution is 0.0754. The molecule has 0 saturated carbocycles. The summed E-state index contributed by atoms with van der Waals surface area (Å²) in [5.41, 5.74) is -0.0550. The molecular formula is C16H22N4O4S2. The number of nitrogens with one attached hydrogen (secondary N) is 1. The first kappa shape index (κ1) is 19.0. The van der Waals surface area contributed by atoms with E-state index in [2.05, 4.69) is 14.9 Å². The minimum absolute atomic E-state index is 0.0669. The third kappa shape index (κ3) is 3.97. The van der Waals surface area contributed by atoms with E-state index >= 15 is 0 Å². The highest BCUT2D eigenvalue weighted by atomic mass is 32.2. The van der Waals surface area contributed by atoms with E-state index in [4.69, 9.17) is 4.42 Å². The molecule has 26 heavy (non-hydrogen) atoms. The van der Waals surface area contributed by atoms with E-state index in [9.17, 15) is 13.2 Å². The Bertz CT molecular complexity index is 895. The second kappa shape index (κ2) is 7.09. The lowest BCUT2D eigenvalue weighted by atomic mass is 10.0. The molecule has 0 atom stereocenters. The Morgan fingerprint density at radius 3 is 2.69 bits per heavy atom. The van der Waals surface area contributed by atoms with E-state index in [0.717, 1.165) is 24.2 Å². The van der Waals surface area contributed by atoms with E-state index in [1.165, 1.54) is 6.07 Å². The van der Waals surface area contributed by atoms with Crippen LogP contribution in [0.3, 0.4) is 0 Å². The summed E-state index contributed by atoms with van der Waals surface area (Å²) in [6.07, 6.45) is 2.61. The van der Waals surface area contributed by atoms with Crippen molar-refractivity contribution in [3.63, 3.8) is 0 Å². The van der Waals surface area contributed by atoms with Gasteiger partial charge in [0.1, 0.15) is 4.21 Å². The van der Waals surface area contributed by atoms with Gasteiger partial charge in [0.2, 0.25) is 5.89 Å². The van der Waals surface area contributed by atoms with Crippen LogP contribution < -0.4 is 4.72 Å². The van der Waals surface area contributed by atoms with Gasteiger partial charge >= 0.3 is 11.8 Å². The van der Waals surface area contributed by atoms with Crippen LogP contribution in [0.5, 0.6) is 0 Å². The molecule has 0 aromatic carbocycles. The molecule has 142 valence electrons. The van der Waals surface area contributed by atoms with Crippen LogP contribution in [0, 0.1) is 0 Å². The Morgan fingerprint density at radius 2 is 2.04 bits per heavy atom. The molecule has 2 aromatic heterocycles. The number of nitrogens with zero attached hydrogens (tertiary/aromatic N) is 3.